The second kappa shape index (κ2) is 4.75. The summed E-state index contributed by atoms with van der Waals surface area (Å²) in [7, 11) is 0. The Morgan fingerprint density at radius 2 is 1.92 bits per heavy atom. The number of nitrogens with one attached hydrogen (secondary N) is 1. The summed E-state index contributed by atoms with van der Waals surface area (Å²) in [6.45, 7) is 6.02. The second-order valence-electron chi connectivity index (χ2n) is 4.43. The summed E-state index contributed by atoms with van der Waals surface area (Å²) in [5.74, 6) is 0.633. The van der Waals surface area contributed by atoms with E-state index in [-0.39, 0.29) is 5.92 Å². The molecule has 13 heavy (non-hydrogen) atoms. The maximum atomic E-state index is 11.4. The molecule has 76 valence electrons. The van der Waals surface area contributed by atoms with E-state index in [0.29, 0.717) is 17.9 Å². The highest BCUT2D eigenvalue weighted by molar-refractivity contribution is 5.79. The van der Waals surface area contributed by atoms with E-state index in [2.05, 4.69) is 19.2 Å². The smallest absolute Gasteiger partial charge is 0.134 e. The standard InChI is InChI=1S/C11H21NO/c1-8(2)12-11-7-5-4-6-10(11)9(3)13/h8,10-12H,4-7H2,1-3H3/t10-,11?/m1/s1. The molecule has 1 N–H and O–H groups in total. The van der Waals surface area contributed by atoms with E-state index in [0.717, 1.165) is 6.42 Å². The third-order valence-corrected chi connectivity index (χ3v) is 2.84. The highest BCUT2D eigenvalue weighted by atomic mass is 16.1. The highest BCUT2D eigenvalue weighted by Crippen LogP contribution is 2.25. The van der Waals surface area contributed by atoms with Crippen molar-refractivity contribution >= 4 is 5.78 Å². The van der Waals surface area contributed by atoms with E-state index >= 15 is 0 Å². The van der Waals surface area contributed by atoms with Crippen LogP contribution in [0.15, 0.2) is 0 Å². The molecule has 1 aliphatic carbocycles. The molecule has 2 nitrogen and oxygen atoms in total. The van der Waals surface area contributed by atoms with Crippen molar-refractivity contribution in [3.8, 4) is 0 Å². The number of hydrogen-bond acceptors (Lipinski definition) is 2. The zero-order chi connectivity index (χ0) is 9.84. The predicted molar refractivity (Wildman–Crippen MR) is 54.7 cm³/mol. The molecular formula is C11H21NO. The Kier molecular flexibility index (Phi) is 3.91. The fourth-order valence-corrected chi connectivity index (χ4v) is 2.25. The van der Waals surface area contributed by atoms with E-state index in [1.54, 1.807) is 6.92 Å². The van der Waals surface area contributed by atoms with E-state index in [9.17, 15) is 4.79 Å². The maximum absolute atomic E-state index is 11.4. The maximum Gasteiger partial charge on any atom is 0.134 e. The lowest BCUT2D eigenvalue weighted by Gasteiger charge is -2.32. The first-order valence-electron chi connectivity index (χ1n) is 5.37. The van der Waals surface area contributed by atoms with Crippen molar-refractivity contribution < 1.29 is 4.79 Å². The topological polar surface area (TPSA) is 29.1 Å². The fraction of sp³-hybridized carbons (Fsp3) is 0.909. The van der Waals surface area contributed by atoms with Gasteiger partial charge in [-0.1, -0.05) is 26.7 Å². The SMILES string of the molecule is CC(=O)[C@H]1CCCCC1NC(C)C. The molecule has 0 heterocycles. The third kappa shape index (κ3) is 3.11. The molecule has 0 radical (unpaired) electrons. The number of carbonyl (C=O) groups is 1. The largest absolute Gasteiger partial charge is 0.311 e. The van der Waals surface area contributed by atoms with Crippen LogP contribution in [0.3, 0.4) is 0 Å². The highest BCUT2D eigenvalue weighted by Gasteiger charge is 2.28. The average molecular weight is 183 g/mol. The van der Waals surface area contributed by atoms with Crippen LogP contribution in [0.4, 0.5) is 0 Å². The summed E-state index contributed by atoms with van der Waals surface area (Å²) >= 11 is 0. The van der Waals surface area contributed by atoms with Gasteiger partial charge in [0.25, 0.3) is 0 Å². The summed E-state index contributed by atoms with van der Waals surface area (Å²) in [6.07, 6.45) is 4.75. The summed E-state index contributed by atoms with van der Waals surface area (Å²) < 4.78 is 0. The van der Waals surface area contributed by atoms with Crippen LogP contribution in [0.25, 0.3) is 0 Å². The van der Waals surface area contributed by atoms with Crippen LogP contribution in [0, 0.1) is 5.92 Å². The van der Waals surface area contributed by atoms with E-state index in [1.165, 1.54) is 19.3 Å². The van der Waals surface area contributed by atoms with Crippen LogP contribution in [0.1, 0.15) is 46.5 Å². The van der Waals surface area contributed by atoms with Crippen LogP contribution in [-0.4, -0.2) is 17.9 Å². The molecule has 1 aliphatic rings. The van der Waals surface area contributed by atoms with Gasteiger partial charge in [-0.15, -0.1) is 0 Å². The van der Waals surface area contributed by atoms with Gasteiger partial charge in [-0.05, 0) is 19.8 Å². The first-order valence-corrected chi connectivity index (χ1v) is 5.37. The van der Waals surface area contributed by atoms with Crippen molar-refractivity contribution in [2.75, 3.05) is 0 Å². The lowest BCUT2D eigenvalue weighted by Crippen LogP contribution is -2.44. The lowest BCUT2D eigenvalue weighted by molar-refractivity contribution is -0.122. The second-order valence-corrected chi connectivity index (χ2v) is 4.43. The molecular weight excluding hydrogens is 162 g/mol. The monoisotopic (exact) mass is 183 g/mol. The van der Waals surface area contributed by atoms with Gasteiger partial charge in [-0.2, -0.15) is 0 Å². The minimum Gasteiger partial charge on any atom is -0.311 e. The molecule has 1 fully saturated rings. The van der Waals surface area contributed by atoms with Gasteiger partial charge in [-0.25, -0.2) is 0 Å². The van der Waals surface area contributed by atoms with Crippen molar-refractivity contribution in [1.82, 2.24) is 5.32 Å². The van der Waals surface area contributed by atoms with Gasteiger partial charge in [-0.3, -0.25) is 4.79 Å². The minimum atomic E-state index is 0.274. The van der Waals surface area contributed by atoms with Crippen LogP contribution >= 0.6 is 0 Å². The quantitative estimate of drug-likeness (QED) is 0.726. The summed E-state index contributed by atoms with van der Waals surface area (Å²) in [5.41, 5.74) is 0. The summed E-state index contributed by atoms with van der Waals surface area (Å²) in [6, 6.07) is 0.927. The average Bonchev–Trinajstić information content (AvgIpc) is 2.03. The lowest BCUT2D eigenvalue weighted by atomic mass is 9.82. The van der Waals surface area contributed by atoms with Gasteiger partial charge in [0, 0.05) is 18.0 Å². The van der Waals surface area contributed by atoms with Crippen molar-refractivity contribution in [2.24, 2.45) is 5.92 Å². The Bertz CT molecular complexity index is 177. The van der Waals surface area contributed by atoms with E-state index in [4.69, 9.17) is 0 Å². The molecule has 0 bridgehead atoms. The summed E-state index contributed by atoms with van der Waals surface area (Å²) in [5, 5.41) is 3.49. The van der Waals surface area contributed by atoms with Gasteiger partial charge in [0.2, 0.25) is 0 Å². The number of hydrogen-bond donors (Lipinski definition) is 1. The predicted octanol–water partition coefficient (Wildman–Crippen LogP) is 2.13. The molecule has 1 rings (SSSR count). The zero-order valence-corrected chi connectivity index (χ0v) is 8.97. The molecule has 0 spiro atoms. The van der Waals surface area contributed by atoms with Gasteiger partial charge >= 0.3 is 0 Å². The molecule has 0 amide bonds. The van der Waals surface area contributed by atoms with Gasteiger partial charge in [0.05, 0.1) is 0 Å². The molecule has 1 unspecified atom stereocenters. The van der Waals surface area contributed by atoms with E-state index < -0.39 is 0 Å². The normalized spacial score (nSPS) is 29.2. The molecule has 2 atom stereocenters. The molecule has 0 saturated heterocycles. The zero-order valence-electron chi connectivity index (χ0n) is 8.97. The number of ketones is 1. The van der Waals surface area contributed by atoms with Crippen molar-refractivity contribution in [3.05, 3.63) is 0 Å². The third-order valence-electron chi connectivity index (χ3n) is 2.84. The number of carbonyl (C=O) groups excluding carboxylic acids is 1. The Balaban J connectivity index is 2.51. The van der Waals surface area contributed by atoms with E-state index in [1.807, 2.05) is 0 Å². The number of rotatable bonds is 3. The van der Waals surface area contributed by atoms with Crippen LogP contribution in [-0.2, 0) is 4.79 Å². The fourth-order valence-electron chi connectivity index (χ4n) is 2.25. The Morgan fingerprint density at radius 3 is 2.46 bits per heavy atom. The van der Waals surface area contributed by atoms with Gasteiger partial charge < -0.3 is 5.32 Å². The molecule has 0 aromatic rings. The van der Waals surface area contributed by atoms with Crippen LogP contribution in [0.2, 0.25) is 0 Å². The first-order chi connectivity index (χ1) is 6.11. The Hall–Kier alpha value is -0.370. The first kappa shape index (κ1) is 10.7. The van der Waals surface area contributed by atoms with Gasteiger partial charge in [0.1, 0.15) is 5.78 Å². The molecule has 0 aromatic carbocycles. The minimum absolute atomic E-state index is 0.274. The summed E-state index contributed by atoms with van der Waals surface area (Å²) in [4.78, 5) is 11.4. The van der Waals surface area contributed by atoms with Crippen LogP contribution in [0.5, 0.6) is 0 Å². The van der Waals surface area contributed by atoms with Crippen molar-refractivity contribution in [2.45, 2.75) is 58.5 Å². The molecule has 1 saturated carbocycles. The number of Topliss-reactive ketones (excluding diaryl/α,β-unsaturated/α-hetero) is 1. The Morgan fingerprint density at radius 1 is 1.31 bits per heavy atom. The van der Waals surface area contributed by atoms with Crippen molar-refractivity contribution in [3.63, 3.8) is 0 Å². The molecule has 0 aromatic heterocycles. The van der Waals surface area contributed by atoms with Crippen molar-refractivity contribution in [1.29, 1.82) is 0 Å². The molecule has 0 aliphatic heterocycles. The Labute approximate surface area is 81.1 Å². The molecule has 2 heteroatoms. The van der Waals surface area contributed by atoms with Gasteiger partial charge in [0.15, 0.2) is 0 Å². The van der Waals surface area contributed by atoms with Crippen LogP contribution < -0.4 is 5.32 Å².